The van der Waals surface area contributed by atoms with E-state index in [2.05, 4.69) is 15.7 Å². The van der Waals surface area contributed by atoms with Crippen LogP contribution in [0.5, 0.6) is 0 Å². The molecule has 1 unspecified atom stereocenters. The maximum Gasteiger partial charge on any atom is 0.146 e. The first kappa shape index (κ1) is 20.1. The van der Waals surface area contributed by atoms with E-state index < -0.39 is 11.0 Å². The lowest BCUT2D eigenvalue weighted by molar-refractivity contribution is 0.669. The van der Waals surface area contributed by atoms with Crippen molar-refractivity contribution in [2.24, 2.45) is 0 Å². The lowest BCUT2D eigenvalue weighted by Crippen LogP contribution is -2.26. The molecule has 0 aliphatic carbocycles. The zero-order chi connectivity index (χ0) is 21.0. The number of anilines is 1. The third-order valence-corrected chi connectivity index (χ3v) is 7.01. The predicted octanol–water partition coefficient (Wildman–Crippen LogP) is 4.98. The van der Waals surface area contributed by atoms with Gasteiger partial charge in [0.1, 0.15) is 22.6 Å². The lowest BCUT2D eigenvalue weighted by atomic mass is 10.1. The van der Waals surface area contributed by atoms with Crippen LogP contribution in [-0.4, -0.2) is 27.3 Å². The van der Waals surface area contributed by atoms with Crippen molar-refractivity contribution in [1.82, 2.24) is 14.7 Å². The Kier molecular flexibility index (Phi) is 5.91. The fraction of sp³-hybridized carbons (Fsp3) is 0.280. The number of nitrogens with one attached hydrogen (secondary N) is 1. The highest BCUT2D eigenvalue weighted by Crippen LogP contribution is 2.26. The van der Waals surface area contributed by atoms with Gasteiger partial charge in [0, 0.05) is 18.5 Å². The number of benzene rings is 3. The van der Waals surface area contributed by atoms with Crippen LogP contribution in [0.4, 0.5) is 5.82 Å². The molecular weight excluding hydrogens is 404 g/mol. The maximum atomic E-state index is 13.1. The summed E-state index contributed by atoms with van der Waals surface area (Å²) in [7, 11) is -1.35. The zero-order valence-corrected chi connectivity index (χ0v) is 18.3. The fourth-order valence-corrected chi connectivity index (χ4v) is 5.28. The van der Waals surface area contributed by atoms with Gasteiger partial charge >= 0.3 is 0 Å². The standard InChI is InChI=1S/C25H26N4OS/c30-31(23-15-9-11-19-10-3-4-12-20(19)23)26-18-24-27-22-14-6-5-13-21(22)25(28-24)29-16-7-1-2-8-17-29/h3-6,9-15,26H,1-2,7-8,16-18H2. The van der Waals surface area contributed by atoms with Crippen molar-refractivity contribution in [2.45, 2.75) is 37.1 Å². The van der Waals surface area contributed by atoms with Gasteiger partial charge in [-0.15, -0.1) is 0 Å². The highest BCUT2D eigenvalue weighted by molar-refractivity contribution is 7.83. The summed E-state index contributed by atoms with van der Waals surface area (Å²) in [5, 5.41) is 3.17. The molecule has 5 rings (SSSR count). The molecule has 1 aliphatic heterocycles. The van der Waals surface area contributed by atoms with E-state index >= 15 is 0 Å². The van der Waals surface area contributed by atoms with Gasteiger partial charge in [-0.3, -0.25) is 0 Å². The van der Waals surface area contributed by atoms with Gasteiger partial charge in [0.05, 0.1) is 17.0 Å². The minimum Gasteiger partial charge on any atom is -0.356 e. The van der Waals surface area contributed by atoms with Crippen molar-refractivity contribution >= 4 is 38.5 Å². The first-order valence-corrected chi connectivity index (χ1v) is 12.1. The zero-order valence-electron chi connectivity index (χ0n) is 17.5. The van der Waals surface area contributed by atoms with E-state index in [0.29, 0.717) is 12.4 Å². The minimum atomic E-state index is -1.35. The second kappa shape index (κ2) is 9.12. The summed E-state index contributed by atoms with van der Waals surface area (Å²) in [5.74, 6) is 1.67. The van der Waals surface area contributed by atoms with Gasteiger partial charge in [-0.25, -0.2) is 18.9 Å². The first-order chi connectivity index (χ1) is 15.3. The monoisotopic (exact) mass is 430 g/mol. The van der Waals surface area contributed by atoms with Gasteiger partial charge in [0.25, 0.3) is 0 Å². The third kappa shape index (κ3) is 4.31. The molecule has 1 aromatic heterocycles. The average Bonchev–Trinajstić information content (AvgIpc) is 3.11. The summed E-state index contributed by atoms with van der Waals surface area (Å²) in [5.41, 5.74) is 0.935. The number of hydrogen-bond acceptors (Lipinski definition) is 4. The van der Waals surface area contributed by atoms with Gasteiger partial charge in [-0.2, -0.15) is 0 Å². The van der Waals surface area contributed by atoms with Crippen molar-refractivity contribution in [3.8, 4) is 0 Å². The quantitative estimate of drug-likeness (QED) is 0.485. The third-order valence-electron chi connectivity index (χ3n) is 5.85. The number of aromatic nitrogens is 2. The Hall–Kier alpha value is -2.83. The highest BCUT2D eigenvalue weighted by Gasteiger charge is 2.17. The predicted molar refractivity (Wildman–Crippen MR) is 127 cm³/mol. The fourth-order valence-electron chi connectivity index (χ4n) is 4.27. The molecule has 1 atom stereocenters. The summed E-state index contributed by atoms with van der Waals surface area (Å²) in [4.78, 5) is 12.8. The molecule has 1 fully saturated rings. The summed E-state index contributed by atoms with van der Waals surface area (Å²) in [6, 6.07) is 22.1. The van der Waals surface area contributed by atoms with Crippen LogP contribution in [0.25, 0.3) is 21.7 Å². The maximum absolute atomic E-state index is 13.1. The summed E-state index contributed by atoms with van der Waals surface area (Å²) in [6.45, 7) is 2.40. The van der Waals surface area contributed by atoms with Crippen molar-refractivity contribution in [3.05, 3.63) is 72.6 Å². The molecule has 0 bridgehead atoms. The molecule has 31 heavy (non-hydrogen) atoms. The molecule has 4 aromatic rings. The number of fused-ring (bicyclic) bond motifs is 2. The summed E-state index contributed by atoms with van der Waals surface area (Å²) >= 11 is 0. The molecule has 0 saturated carbocycles. The number of hydrogen-bond donors (Lipinski definition) is 1. The molecule has 1 saturated heterocycles. The van der Waals surface area contributed by atoms with Crippen LogP contribution in [-0.2, 0) is 17.5 Å². The normalized spacial score (nSPS) is 15.8. The molecule has 2 heterocycles. The van der Waals surface area contributed by atoms with Crippen LogP contribution in [0.3, 0.4) is 0 Å². The van der Waals surface area contributed by atoms with Gasteiger partial charge in [-0.1, -0.05) is 61.4 Å². The number of rotatable bonds is 5. The Morgan fingerprint density at radius 1 is 0.806 bits per heavy atom. The van der Waals surface area contributed by atoms with Crippen LogP contribution in [0.15, 0.2) is 71.6 Å². The van der Waals surface area contributed by atoms with Crippen LogP contribution in [0.2, 0.25) is 0 Å². The van der Waals surface area contributed by atoms with E-state index in [4.69, 9.17) is 9.97 Å². The Labute approximate surface area is 185 Å². The van der Waals surface area contributed by atoms with Crippen molar-refractivity contribution in [2.75, 3.05) is 18.0 Å². The lowest BCUT2D eigenvalue weighted by Gasteiger charge is -2.23. The molecule has 0 spiro atoms. The number of nitrogens with zero attached hydrogens (tertiary/aromatic N) is 3. The van der Waals surface area contributed by atoms with E-state index in [1.807, 2.05) is 60.7 Å². The highest BCUT2D eigenvalue weighted by atomic mass is 32.2. The number of para-hydroxylation sites is 1. The molecule has 0 radical (unpaired) electrons. The van der Waals surface area contributed by atoms with Gasteiger partial charge in [0.15, 0.2) is 0 Å². The second-order valence-electron chi connectivity index (χ2n) is 7.95. The molecule has 5 nitrogen and oxygen atoms in total. The molecule has 1 aliphatic rings. The van der Waals surface area contributed by atoms with Crippen LogP contribution < -0.4 is 9.62 Å². The van der Waals surface area contributed by atoms with Crippen molar-refractivity contribution < 1.29 is 4.21 Å². The van der Waals surface area contributed by atoms with Crippen molar-refractivity contribution in [3.63, 3.8) is 0 Å². The molecule has 1 N–H and O–H groups in total. The first-order valence-electron chi connectivity index (χ1n) is 10.9. The van der Waals surface area contributed by atoms with Crippen LogP contribution in [0.1, 0.15) is 31.5 Å². The van der Waals surface area contributed by atoms with E-state index in [-0.39, 0.29) is 0 Å². The largest absolute Gasteiger partial charge is 0.356 e. The van der Waals surface area contributed by atoms with E-state index in [9.17, 15) is 4.21 Å². The topological polar surface area (TPSA) is 58.1 Å². The van der Waals surface area contributed by atoms with Crippen LogP contribution in [0, 0.1) is 0 Å². The summed E-state index contributed by atoms with van der Waals surface area (Å²) in [6.07, 6.45) is 4.93. The van der Waals surface area contributed by atoms with E-state index in [1.54, 1.807) is 0 Å². The van der Waals surface area contributed by atoms with Gasteiger partial charge < -0.3 is 4.90 Å². The van der Waals surface area contributed by atoms with Crippen LogP contribution >= 0.6 is 0 Å². The van der Waals surface area contributed by atoms with Gasteiger partial charge in [0.2, 0.25) is 0 Å². The molecular formula is C25H26N4OS. The van der Waals surface area contributed by atoms with Crippen molar-refractivity contribution in [1.29, 1.82) is 0 Å². The summed E-state index contributed by atoms with van der Waals surface area (Å²) < 4.78 is 16.2. The Morgan fingerprint density at radius 3 is 2.35 bits per heavy atom. The molecule has 3 aromatic carbocycles. The molecule has 6 heteroatoms. The van der Waals surface area contributed by atoms with Gasteiger partial charge in [-0.05, 0) is 41.8 Å². The van der Waals surface area contributed by atoms with E-state index in [0.717, 1.165) is 45.5 Å². The second-order valence-corrected chi connectivity index (χ2v) is 9.21. The Bertz CT molecular complexity index is 1230. The molecule has 0 amide bonds. The minimum absolute atomic E-state index is 0.349. The SMILES string of the molecule is O=S(NCc1nc(N2CCCCCC2)c2ccccc2n1)c1cccc2ccccc12. The Morgan fingerprint density at radius 2 is 1.52 bits per heavy atom. The smallest absolute Gasteiger partial charge is 0.146 e. The Balaban J connectivity index is 1.43. The van der Waals surface area contributed by atoms with E-state index in [1.165, 1.54) is 25.7 Å². The average molecular weight is 431 g/mol. The molecule has 158 valence electrons.